The lowest BCUT2D eigenvalue weighted by Gasteiger charge is -2.07. The first kappa shape index (κ1) is 19.3. The number of rotatable bonds is 8. The Bertz CT molecular complexity index is 121. The molecule has 0 saturated heterocycles. The maximum atomic E-state index is 8.55. The molecule has 2 nitrogen and oxygen atoms in total. The van der Waals surface area contributed by atoms with Gasteiger partial charge in [-0.3, -0.25) is 0 Å². The molecule has 0 aliphatic carbocycles. The van der Waals surface area contributed by atoms with Crippen molar-refractivity contribution in [3.8, 4) is 0 Å². The molecule has 1 atom stereocenters. The first-order valence-corrected chi connectivity index (χ1v) is 7.15. The highest BCUT2D eigenvalue weighted by atomic mass is 16.5. The topological polar surface area (TPSA) is 29.5 Å². The van der Waals surface area contributed by atoms with Gasteiger partial charge in [0.1, 0.15) is 0 Å². The molecule has 106 valence electrons. The van der Waals surface area contributed by atoms with E-state index in [4.69, 9.17) is 9.84 Å². The molecule has 0 saturated carbocycles. The molecule has 0 heterocycles. The molecule has 0 aromatic heterocycles. The molecule has 1 unspecified atom stereocenters. The van der Waals surface area contributed by atoms with E-state index < -0.39 is 0 Å². The predicted octanol–water partition coefficient (Wildman–Crippen LogP) is 4.26. The summed E-state index contributed by atoms with van der Waals surface area (Å²) in [5.74, 6) is 1.54. The minimum Gasteiger partial charge on any atom is -0.393 e. The van der Waals surface area contributed by atoms with Crippen molar-refractivity contribution in [2.24, 2.45) is 11.8 Å². The van der Waals surface area contributed by atoms with Crippen LogP contribution in [0.1, 0.15) is 67.2 Å². The van der Waals surface area contributed by atoms with Gasteiger partial charge in [-0.05, 0) is 38.0 Å². The summed E-state index contributed by atoms with van der Waals surface area (Å²) in [5, 5.41) is 8.55. The Hall–Kier alpha value is -0.0800. The van der Waals surface area contributed by atoms with Crippen molar-refractivity contribution in [2.45, 2.75) is 73.3 Å². The molecule has 0 fully saturated rings. The fourth-order valence-corrected chi connectivity index (χ4v) is 1.16. The fourth-order valence-electron chi connectivity index (χ4n) is 1.16. The van der Waals surface area contributed by atoms with Crippen LogP contribution in [0.4, 0.5) is 0 Å². The Kier molecular flexibility index (Phi) is 15.8. The lowest BCUT2D eigenvalue weighted by molar-refractivity contribution is 0.114. The van der Waals surface area contributed by atoms with E-state index in [1.165, 1.54) is 12.8 Å². The molecule has 0 bridgehead atoms. The summed E-state index contributed by atoms with van der Waals surface area (Å²) in [4.78, 5) is 0. The van der Waals surface area contributed by atoms with Gasteiger partial charge >= 0.3 is 0 Å². The van der Waals surface area contributed by atoms with Gasteiger partial charge in [-0.2, -0.15) is 0 Å². The molecule has 0 rings (SSSR count). The van der Waals surface area contributed by atoms with E-state index in [1.807, 2.05) is 6.92 Å². The monoisotopic (exact) mass is 246 g/mol. The van der Waals surface area contributed by atoms with E-state index in [0.717, 1.165) is 37.9 Å². The van der Waals surface area contributed by atoms with Crippen LogP contribution in [0.25, 0.3) is 0 Å². The Morgan fingerprint density at radius 1 is 0.824 bits per heavy atom. The second kappa shape index (κ2) is 14.0. The molecule has 0 spiro atoms. The van der Waals surface area contributed by atoms with E-state index in [2.05, 4.69) is 34.6 Å². The number of aliphatic hydroxyl groups excluding tert-OH is 1. The molecule has 0 aliphatic heterocycles. The smallest absolute Gasteiger partial charge is 0.0512 e. The third-order valence-electron chi connectivity index (χ3n) is 2.39. The Labute approximate surface area is 109 Å². The van der Waals surface area contributed by atoms with Crippen molar-refractivity contribution < 1.29 is 9.84 Å². The van der Waals surface area contributed by atoms with Gasteiger partial charge in [0.2, 0.25) is 0 Å². The van der Waals surface area contributed by atoms with Crippen molar-refractivity contribution in [3.63, 3.8) is 0 Å². The Balaban J connectivity index is 0. The van der Waals surface area contributed by atoms with Crippen molar-refractivity contribution in [3.05, 3.63) is 0 Å². The predicted molar refractivity (Wildman–Crippen MR) is 76.3 cm³/mol. The molecular formula is C15H34O2. The molecule has 0 aromatic rings. The third-order valence-corrected chi connectivity index (χ3v) is 2.39. The first-order chi connectivity index (χ1) is 7.90. The van der Waals surface area contributed by atoms with Gasteiger partial charge in [-0.25, -0.2) is 0 Å². The second-order valence-corrected chi connectivity index (χ2v) is 5.62. The minimum atomic E-state index is -0.102. The zero-order valence-corrected chi connectivity index (χ0v) is 12.8. The van der Waals surface area contributed by atoms with Gasteiger partial charge in [0.05, 0.1) is 6.10 Å². The van der Waals surface area contributed by atoms with Gasteiger partial charge in [0.25, 0.3) is 0 Å². The van der Waals surface area contributed by atoms with Crippen LogP contribution in [-0.2, 0) is 4.74 Å². The highest BCUT2D eigenvalue weighted by Crippen LogP contribution is 2.02. The summed E-state index contributed by atoms with van der Waals surface area (Å²) in [7, 11) is 0. The maximum absolute atomic E-state index is 8.55. The Morgan fingerprint density at radius 2 is 1.24 bits per heavy atom. The molecule has 17 heavy (non-hydrogen) atoms. The Morgan fingerprint density at radius 3 is 1.41 bits per heavy atom. The molecular weight excluding hydrogens is 212 g/mol. The standard InChI is InChI=1S/C10H22O.C5H12O/c1-9(2)5-7-11-8-6-10(3)4;1-3-4-5(2)6/h9-10H,5-8H2,1-4H3;5-6H,3-4H2,1-2H3. The van der Waals surface area contributed by atoms with Gasteiger partial charge in [-0.1, -0.05) is 41.0 Å². The van der Waals surface area contributed by atoms with Crippen molar-refractivity contribution in [1.82, 2.24) is 0 Å². The number of ether oxygens (including phenoxy) is 1. The summed E-state index contributed by atoms with van der Waals surface area (Å²) < 4.78 is 5.46. The average Bonchev–Trinajstić information content (AvgIpc) is 2.16. The SMILES string of the molecule is CC(C)CCOCCC(C)C.CCCC(C)O. The highest BCUT2D eigenvalue weighted by Gasteiger charge is 1.95. The van der Waals surface area contributed by atoms with E-state index in [1.54, 1.807) is 0 Å². The molecule has 0 aromatic carbocycles. The van der Waals surface area contributed by atoms with Gasteiger partial charge in [0.15, 0.2) is 0 Å². The lowest BCUT2D eigenvalue weighted by atomic mass is 10.1. The van der Waals surface area contributed by atoms with Crippen LogP contribution in [0, 0.1) is 11.8 Å². The zero-order valence-electron chi connectivity index (χ0n) is 12.8. The van der Waals surface area contributed by atoms with Crippen LogP contribution in [0.15, 0.2) is 0 Å². The van der Waals surface area contributed by atoms with Gasteiger partial charge < -0.3 is 9.84 Å². The zero-order chi connectivity index (χ0) is 13.7. The van der Waals surface area contributed by atoms with Crippen molar-refractivity contribution in [1.29, 1.82) is 0 Å². The molecule has 0 aliphatic rings. The summed E-state index contributed by atoms with van der Waals surface area (Å²) >= 11 is 0. The van der Waals surface area contributed by atoms with Gasteiger partial charge in [0, 0.05) is 13.2 Å². The number of hydrogen-bond donors (Lipinski definition) is 1. The van der Waals surface area contributed by atoms with Crippen LogP contribution in [0.5, 0.6) is 0 Å². The molecule has 1 N–H and O–H groups in total. The maximum Gasteiger partial charge on any atom is 0.0512 e. The van der Waals surface area contributed by atoms with Crippen LogP contribution in [0.2, 0.25) is 0 Å². The largest absolute Gasteiger partial charge is 0.393 e. The van der Waals surface area contributed by atoms with Crippen molar-refractivity contribution in [2.75, 3.05) is 13.2 Å². The first-order valence-electron chi connectivity index (χ1n) is 7.15. The fraction of sp³-hybridized carbons (Fsp3) is 1.00. The summed E-state index contributed by atoms with van der Waals surface area (Å²) in [6.45, 7) is 14.7. The van der Waals surface area contributed by atoms with E-state index in [-0.39, 0.29) is 6.10 Å². The second-order valence-electron chi connectivity index (χ2n) is 5.62. The summed E-state index contributed by atoms with van der Waals surface area (Å²) in [6, 6.07) is 0. The van der Waals surface area contributed by atoms with Gasteiger partial charge in [-0.15, -0.1) is 0 Å². The van der Waals surface area contributed by atoms with Crippen LogP contribution in [0.3, 0.4) is 0 Å². The molecule has 2 heteroatoms. The summed E-state index contributed by atoms with van der Waals surface area (Å²) in [5.41, 5.74) is 0. The van der Waals surface area contributed by atoms with E-state index >= 15 is 0 Å². The third kappa shape index (κ3) is 25.9. The highest BCUT2D eigenvalue weighted by molar-refractivity contribution is 4.45. The number of aliphatic hydroxyl groups is 1. The normalized spacial score (nSPS) is 12.5. The quantitative estimate of drug-likeness (QED) is 0.648. The summed E-state index contributed by atoms with van der Waals surface area (Å²) in [6.07, 6.45) is 4.29. The molecule has 0 radical (unpaired) electrons. The molecule has 0 amide bonds. The van der Waals surface area contributed by atoms with Crippen LogP contribution in [-0.4, -0.2) is 24.4 Å². The van der Waals surface area contributed by atoms with Crippen LogP contribution < -0.4 is 0 Å². The van der Waals surface area contributed by atoms with E-state index in [9.17, 15) is 0 Å². The average molecular weight is 246 g/mol. The van der Waals surface area contributed by atoms with Crippen LogP contribution >= 0.6 is 0 Å². The minimum absolute atomic E-state index is 0.102. The number of hydrogen-bond acceptors (Lipinski definition) is 2. The van der Waals surface area contributed by atoms with Crippen molar-refractivity contribution >= 4 is 0 Å². The van der Waals surface area contributed by atoms with E-state index in [0.29, 0.717) is 0 Å². The lowest BCUT2D eigenvalue weighted by Crippen LogP contribution is -2.02.